The van der Waals surface area contributed by atoms with Crippen molar-refractivity contribution in [3.63, 3.8) is 0 Å². The Morgan fingerprint density at radius 2 is 1.38 bits per heavy atom. The van der Waals surface area contributed by atoms with E-state index >= 15 is 0 Å². The SMILES string of the molecule is O=C(O)OC(=O)OC(=O)OC(=O)F. The second kappa shape index (κ2) is 4.64. The van der Waals surface area contributed by atoms with Crippen molar-refractivity contribution in [2.75, 3.05) is 0 Å². The molecule has 0 amide bonds. The minimum atomic E-state index is -2.51. The van der Waals surface area contributed by atoms with Crippen LogP contribution in [0.15, 0.2) is 0 Å². The molecule has 0 aromatic rings. The molecule has 0 unspecified atom stereocenters. The number of hydrogen-bond donors (Lipinski definition) is 1. The first kappa shape index (κ1) is 10.8. The summed E-state index contributed by atoms with van der Waals surface area (Å²) in [7, 11) is 0. The molecule has 72 valence electrons. The van der Waals surface area contributed by atoms with Crippen molar-refractivity contribution in [1.29, 1.82) is 0 Å². The van der Waals surface area contributed by atoms with E-state index in [2.05, 4.69) is 14.2 Å². The third-order valence-corrected chi connectivity index (χ3v) is 0.501. The molecule has 0 atom stereocenters. The van der Waals surface area contributed by atoms with Gasteiger partial charge in [0.15, 0.2) is 0 Å². The molecule has 0 bridgehead atoms. The Kier molecular flexibility index (Phi) is 3.86. The van der Waals surface area contributed by atoms with Crippen LogP contribution < -0.4 is 0 Å². The summed E-state index contributed by atoms with van der Waals surface area (Å²) in [5, 5.41) is 7.76. The summed E-state index contributed by atoms with van der Waals surface area (Å²) in [6, 6.07) is 0. The van der Waals surface area contributed by atoms with E-state index in [1.807, 2.05) is 0 Å². The number of carbonyl (C=O) groups is 4. The highest BCUT2D eigenvalue weighted by molar-refractivity contribution is 5.86. The van der Waals surface area contributed by atoms with Crippen molar-refractivity contribution in [2.24, 2.45) is 0 Å². The number of carboxylic acid groups (broad SMARTS) is 1. The third-order valence-electron chi connectivity index (χ3n) is 0.501. The number of rotatable bonds is 0. The van der Waals surface area contributed by atoms with Crippen molar-refractivity contribution < 1.29 is 42.9 Å². The van der Waals surface area contributed by atoms with Crippen LogP contribution in [0, 0.1) is 0 Å². The number of halogens is 1. The quantitative estimate of drug-likeness (QED) is 0.347. The minimum Gasteiger partial charge on any atom is -0.449 e. The maximum Gasteiger partial charge on any atom is 0.528 e. The van der Waals surface area contributed by atoms with E-state index in [0.717, 1.165) is 0 Å². The molecule has 0 fully saturated rings. The van der Waals surface area contributed by atoms with Gasteiger partial charge in [-0.05, 0) is 0 Å². The van der Waals surface area contributed by atoms with Gasteiger partial charge in [0.25, 0.3) is 0 Å². The molecule has 0 radical (unpaired) electrons. The van der Waals surface area contributed by atoms with Crippen molar-refractivity contribution in [2.45, 2.75) is 0 Å². The Balaban J connectivity index is 3.85. The number of hydrogen-bond acceptors (Lipinski definition) is 7. The fourth-order valence-corrected chi connectivity index (χ4v) is 0.247. The van der Waals surface area contributed by atoms with Gasteiger partial charge in [-0.15, -0.1) is 4.39 Å². The van der Waals surface area contributed by atoms with Crippen LogP contribution in [0.2, 0.25) is 0 Å². The lowest BCUT2D eigenvalue weighted by Crippen LogP contribution is -2.18. The Labute approximate surface area is 68.8 Å². The zero-order valence-corrected chi connectivity index (χ0v) is 5.68. The van der Waals surface area contributed by atoms with Crippen molar-refractivity contribution in [3.05, 3.63) is 0 Å². The standard InChI is InChI=1S/C4HFO8/c5-1(6)11-3(9)13-4(10)12-2(7)8/h(H,7,8). The van der Waals surface area contributed by atoms with Crippen molar-refractivity contribution >= 4 is 24.7 Å². The smallest absolute Gasteiger partial charge is 0.449 e. The molecule has 0 aromatic heterocycles. The third kappa shape index (κ3) is 6.22. The lowest BCUT2D eigenvalue weighted by Gasteiger charge is -1.97. The van der Waals surface area contributed by atoms with Gasteiger partial charge in [-0.1, -0.05) is 0 Å². The van der Waals surface area contributed by atoms with Gasteiger partial charge in [0.2, 0.25) is 0 Å². The first-order valence-electron chi connectivity index (χ1n) is 2.45. The molecule has 0 spiro atoms. The fourth-order valence-electron chi connectivity index (χ4n) is 0.247. The molecular formula is C4HFO8. The second-order valence-corrected chi connectivity index (χ2v) is 1.31. The van der Waals surface area contributed by atoms with Gasteiger partial charge < -0.3 is 19.3 Å². The van der Waals surface area contributed by atoms with Crippen molar-refractivity contribution in [1.82, 2.24) is 0 Å². The van der Waals surface area contributed by atoms with E-state index in [1.165, 1.54) is 0 Å². The second-order valence-electron chi connectivity index (χ2n) is 1.31. The Bertz CT molecular complexity index is 231. The molecule has 8 nitrogen and oxygen atoms in total. The molecule has 0 aliphatic heterocycles. The van der Waals surface area contributed by atoms with E-state index in [4.69, 9.17) is 5.11 Å². The predicted molar refractivity (Wildman–Crippen MR) is 28.6 cm³/mol. The maximum absolute atomic E-state index is 11.2. The van der Waals surface area contributed by atoms with Crippen LogP contribution in [-0.2, 0) is 14.2 Å². The molecule has 1 N–H and O–H groups in total. The molecule has 0 aliphatic rings. The summed E-state index contributed by atoms with van der Waals surface area (Å²) < 4.78 is 20.8. The summed E-state index contributed by atoms with van der Waals surface area (Å²) in [5.74, 6) is 0. The normalized spacial score (nSPS) is 8.38. The van der Waals surface area contributed by atoms with E-state index in [1.54, 1.807) is 0 Å². The van der Waals surface area contributed by atoms with E-state index in [0.29, 0.717) is 0 Å². The lowest BCUT2D eigenvalue weighted by atomic mass is 11.2. The number of ether oxygens (including phenoxy) is 3. The first-order chi connectivity index (χ1) is 5.91. The molecule has 9 heteroatoms. The number of carbonyl (C=O) groups excluding carboxylic acids is 3. The summed E-state index contributed by atoms with van der Waals surface area (Å²) in [6.45, 7) is 0. The minimum absolute atomic E-state index is 1.96. The fraction of sp³-hybridized carbons (Fsp3) is 0. The monoisotopic (exact) mass is 196 g/mol. The highest BCUT2D eigenvalue weighted by Crippen LogP contribution is 1.92. The van der Waals surface area contributed by atoms with Gasteiger partial charge in [-0.3, -0.25) is 0 Å². The first-order valence-corrected chi connectivity index (χ1v) is 2.45. The van der Waals surface area contributed by atoms with Crippen LogP contribution in [0.5, 0.6) is 0 Å². The van der Waals surface area contributed by atoms with E-state index in [9.17, 15) is 23.6 Å². The van der Waals surface area contributed by atoms with Crippen LogP contribution >= 0.6 is 0 Å². The highest BCUT2D eigenvalue weighted by atomic mass is 19.1. The maximum atomic E-state index is 11.2. The Morgan fingerprint density at radius 3 is 1.77 bits per heavy atom. The molecule has 13 heavy (non-hydrogen) atoms. The molecule has 0 rings (SSSR count). The van der Waals surface area contributed by atoms with Gasteiger partial charge >= 0.3 is 24.7 Å². The van der Waals surface area contributed by atoms with Gasteiger partial charge in [0, 0.05) is 0 Å². The lowest BCUT2D eigenvalue weighted by molar-refractivity contribution is 0.0467. The van der Waals surface area contributed by atoms with Crippen molar-refractivity contribution in [3.8, 4) is 0 Å². The topological polar surface area (TPSA) is 116 Å². The Morgan fingerprint density at radius 1 is 0.923 bits per heavy atom. The van der Waals surface area contributed by atoms with Gasteiger partial charge in [0.1, 0.15) is 0 Å². The predicted octanol–water partition coefficient (Wildman–Crippen LogP) is 1.04. The van der Waals surface area contributed by atoms with Crippen LogP contribution in [0.4, 0.5) is 23.6 Å². The zero-order chi connectivity index (χ0) is 10.4. The van der Waals surface area contributed by atoms with E-state index < -0.39 is 24.7 Å². The molecule has 0 aromatic carbocycles. The summed E-state index contributed by atoms with van der Waals surface area (Å²) in [6.07, 6.45) is -8.53. The Hall–Kier alpha value is -2.19. The molecule has 0 aliphatic carbocycles. The average molecular weight is 196 g/mol. The molecule has 0 saturated heterocycles. The summed E-state index contributed by atoms with van der Waals surface area (Å²) in [4.78, 5) is 39.1. The largest absolute Gasteiger partial charge is 0.528 e. The van der Waals surface area contributed by atoms with Crippen LogP contribution in [0.3, 0.4) is 0 Å². The molecule has 0 heterocycles. The zero-order valence-electron chi connectivity index (χ0n) is 5.68. The van der Waals surface area contributed by atoms with Gasteiger partial charge in [-0.2, -0.15) is 0 Å². The molecule has 0 saturated carbocycles. The van der Waals surface area contributed by atoms with Crippen LogP contribution in [-0.4, -0.2) is 29.8 Å². The van der Waals surface area contributed by atoms with Crippen LogP contribution in [0.25, 0.3) is 0 Å². The highest BCUT2D eigenvalue weighted by Gasteiger charge is 2.19. The van der Waals surface area contributed by atoms with Gasteiger partial charge in [-0.25, -0.2) is 19.2 Å². The summed E-state index contributed by atoms with van der Waals surface area (Å²) in [5.41, 5.74) is 0. The average Bonchev–Trinajstić information content (AvgIpc) is 1.80. The molecular weight excluding hydrogens is 195 g/mol. The summed E-state index contributed by atoms with van der Waals surface area (Å²) >= 11 is 0. The van der Waals surface area contributed by atoms with E-state index in [-0.39, 0.29) is 0 Å². The van der Waals surface area contributed by atoms with Crippen LogP contribution in [0.1, 0.15) is 0 Å². The van der Waals surface area contributed by atoms with Gasteiger partial charge in [0.05, 0.1) is 0 Å².